The summed E-state index contributed by atoms with van der Waals surface area (Å²) in [6.07, 6.45) is 0. The predicted molar refractivity (Wildman–Crippen MR) is 104 cm³/mol. The molecule has 0 saturated carbocycles. The first-order valence-electron chi connectivity index (χ1n) is 7.31. The molecule has 1 aromatic rings. The third kappa shape index (κ3) is 8.30. The van der Waals surface area contributed by atoms with Crippen LogP contribution in [0.25, 0.3) is 0 Å². The van der Waals surface area contributed by atoms with Crippen LogP contribution in [-0.2, 0) is 9.59 Å². The van der Waals surface area contributed by atoms with Crippen LogP contribution in [-0.4, -0.2) is 49.9 Å². The maximum Gasteiger partial charge on any atom is 0.239 e. The van der Waals surface area contributed by atoms with E-state index in [0.717, 1.165) is 0 Å². The molecule has 0 bridgehead atoms. The lowest BCUT2D eigenvalue weighted by molar-refractivity contribution is -0.127. The molecule has 1 aromatic heterocycles. The van der Waals surface area contributed by atoms with Gasteiger partial charge in [-0.3, -0.25) is 9.59 Å². The van der Waals surface area contributed by atoms with Gasteiger partial charge >= 0.3 is 0 Å². The Balaban J connectivity index is 0. The molecule has 2 amide bonds. The molecule has 1 unspecified atom stereocenters. The van der Waals surface area contributed by atoms with Gasteiger partial charge < -0.3 is 21.3 Å². The monoisotopic (exact) mass is 398 g/mol. The number of halogens is 2. The minimum atomic E-state index is -0.590. The Bertz CT molecular complexity index is 484. The molecule has 0 radical (unpaired) electrons. The summed E-state index contributed by atoms with van der Waals surface area (Å²) in [4.78, 5) is 25.6. The first-order chi connectivity index (χ1) is 10.3. The molecule has 0 fully saturated rings. The fraction of sp³-hybridized carbons (Fsp3) is 0.600. The zero-order valence-electron chi connectivity index (χ0n) is 14.4. The zero-order valence-corrected chi connectivity index (χ0v) is 16.9. The third-order valence-corrected chi connectivity index (χ3v) is 4.19. The van der Waals surface area contributed by atoms with Crippen LogP contribution in [0.2, 0.25) is 0 Å². The van der Waals surface area contributed by atoms with Crippen molar-refractivity contribution >= 4 is 48.0 Å². The number of nitrogens with two attached hydrogens (primary N) is 1. The highest BCUT2D eigenvalue weighted by Crippen LogP contribution is 2.19. The lowest BCUT2D eigenvalue weighted by Crippen LogP contribution is -2.47. The average Bonchev–Trinajstić information content (AvgIpc) is 2.97. The number of amides is 2. The number of likely N-dealkylation sites (N-methyl/N-ethyl adjacent to an activating group) is 1. The van der Waals surface area contributed by atoms with Gasteiger partial charge in [-0.15, -0.1) is 24.8 Å². The highest BCUT2D eigenvalue weighted by Gasteiger charge is 2.19. The van der Waals surface area contributed by atoms with Crippen LogP contribution in [0.1, 0.15) is 25.5 Å². The van der Waals surface area contributed by atoms with Crippen LogP contribution >= 0.6 is 36.2 Å². The van der Waals surface area contributed by atoms with E-state index in [1.165, 1.54) is 5.56 Å². The zero-order chi connectivity index (χ0) is 16.7. The molecule has 9 heteroatoms. The van der Waals surface area contributed by atoms with Gasteiger partial charge in [-0.2, -0.15) is 11.3 Å². The molecule has 140 valence electrons. The third-order valence-electron chi connectivity index (χ3n) is 3.49. The Morgan fingerprint density at radius 1 is 1.25 bits per heavy atom. The summed E-state index contributed by atoms with van der Waals surface area (Å²) < 4.78 is 0. The number of rotatable bonds is 8. The minimum Gasteiger partial charge on any atom is -0.353 e. The van der Waals surface area contributed by atoms with E-state index in [1.807, 2.05) is 39.4 Å². The van der Waals surface area contributed by atoms with Gasteiger partial charge in [-0.05, 0) is 42.4 Å². The van der Waals surface area contributed by atoms with E-state index >= 15 is 0 Å². The summed E-state index contributed by atoms with van der Waals surface area (Å²) in [5.41, 5.74) is 6.89. The van der Waals surface area contributed by atoms with Crippen molar-refractivity contribution in [1.82, 2.24) is 15.5 Å². The van der Waals surface area contributed by atoms with E-state index in [0.29, 0.717) is 6.54 Å². The highest BCUT2D eigenvalue weighted by atomic mass is 35.5. The van der Waals surface area contributed by atoms with Gasteiger partial charge in [0.25, 0.3) is 0 Å². The van der Waals surface area contributed by atoms with E-state index in [1.54, 1.807) is 11.3 Å². The second-order valence-corrected chi connectivity index (χ2v) is 6.61. The number of hydrogen-bond acceptors (Lipinski definition) is 5. The van der Waals surface area contributed by atoms with E-state index in [-0.39, 0.29) is 55.1 Å². The molecular formula is C15H28Cl2N4O2S. The van der Waals surface area contributed by atoms with E-state index < -0.39 is 6.04 Å². The molecule has 0 aromatic carbocycles. The Morgan fingerprint density at radius 2 is 1.88 bits per heavy atom. The Morgan fingerprint density at radius 3 is 2.33 bits per heavy atom. The molecule has 0 aliphatic heterocycles. The van der Waals surface area contributed by atoms with Gasteiger partial charge in [-0.1, -0.05) is 13.8 Å². The summed E-state index contributed by atoms with van der Waals surface area (Å²) in [7, 11) is 3.94. The fourth-order valence-corrected chi connectivity index (χ4v) is 2.63. The van der Waals surface area contributed by atoms with Crippen molar-refractivity contribution in [2.24, 2.45) is 11.7 Å². The van der Waals surface area contributed by atoms with Gasteiger partial charge in [0.1, 0.15) is 0 Å². The number of nitrogens with one attached hydrogen (secondary N) is 2. The molecule has 4 N–H and O–H groups in total. The van der Waals surface area contributed by atoms with Crippen molar-refractivity contribution in [1.29, 1.82) is 0 Å². The van der Waals surface area contributed by atoms with Crippen LogP contribution in [0.4, 0.5) is 0 Å². The first-order valence-corrected chi connectivity index (χ1v) is 8.25. The van der Waals surface area contributed by atoms with E-state index in [9.17, 15) is 9.59 Å². The Labute approximate surface area is 160 Å². The molecule has 24 heavy (non-hydrogen) atoms. The van der Waals surface area contributed by atoms with Crippen LogP contribution in [0, 0.1) is 5.92 Å². The molecule has 1 heterocycles. The van der Waals surface area contributed by atoms with Crippen molar-refractivity contribution < 1.29 is 9.59 Å². The van der Waals surface area contributed by atoms with Gasteiger partial charge in [0.15, 0.2) is 0 Å². The number of hydrogen-bond donors (Lipinski definition) is 3. The SMILES string of the molecule is CC(C)[C@H](N)C(=O)NCC(=O)NCC(c1ccsc1)N(C)C.Cl.Cl. The smallest absolute Gasteiger partial charge is 0.239 e. The lowest BCUT2D eigenvalue weighted by Gasteiger charge is -2.24. The fourth-order valence-electron chi connectivity index (χ4n) is 1.92. The Hall–Kier alpha value is -0.860. The molecular weight excluding hydrogens is 371 g/mol. The highest BCUT2D eigenvalue weighted by molar-refractivity contribution is 7.07. The second kappa shape index (κ2) is 12.5. The van der Waals surface area contributed by atoms with Crippen LogP contribution in [0.3, 0.4) is 0 Å². The van der Waals surface area contributed by atoms with Crippen molar-refractivity contribution in [3.05, 3.63) is 22.4 Å². The largest absolute Gasteiger partial charge is 0.353 e. The van der Waals surface area contributed by atoms with Gasteiger partial charge in [0.05, 0.1) is 18.6 Å². The summed E-state index contributed by atoms with van der Waals surface area (Å²) in [5.74, 6) is -0.474. The van der Waals surface area contributed by atoms with Crippen LogP contribution in [0.5, 0.6) is 0 Å². The van der Waals surface area contributed by atoms with Crippen LogP contribution in [0.15, 0.2) is 16.8 Å². The van der Waals surface area contributed by atoms with Gasteiger partial charge in [-0.25, -0.2) is 0 Å². The lowest BCUT2D eigenvalue weighted by atomic mass is 10.1. The predicted octanol–water partition coefficient (Wildman–Crippen LogP) is 1.41. The quantitative estimate of drug-likeness (QED) is 0.617. The van der Waals surface area contributed by atoms with Gasteiger partial charge in [0, 0.05) is 6.54 Å². The first kappa shape index (κ1) is 25.4. The summed E-state index contributed by atoms with van der Waals surface area (Å²) in [6, 6.07) is 1.57. The van der Waals surface area contributed by atoms with Crippen LogP contribution < -0.4 is 16.4 Å². The number of carbonyl (C=O) groups is 2. The molecule has 6 nitrogen and oxygen atoms in total. The minimum absolute atomic E-state index is 0. The van der Waals surface area contributed by atoms with Gasteiger partial charge in [0.2, 0.25) is 11.8 Å². The molecule has 1 rings (SSSR count). The summed E-state index contributed by atoms with van der Waals surface area (Å²) in [5, 5.41) is 9.49. The molecule has 2 atom stereocenters. The molecule has 0 spiro atoms. The molecule has 0 aliphatic carbocycles. The van der Waals surface area contributed by atoms with E-state index in [2.05, 4.69) is 20.9 Å². The number of carbonyl (C=O) groups excluding carboxylic acids is 2. The topological polar surface area (TPSA) is 87.5 Å². The number of thiophene rings is 1. The summed E-state index contributed by atoms with van der Waals surface area (Å²) >= 11 is 1.63. The summed E-state index contributed by atoms with van der Waals surface area (Å²) in [6.45, 7) is 4.18. The van der Waals surface area contributed by atoms with Crippen molar-refractivity contribution in [2.45, 2.75) is 25.9 Å². The standard InChI is InChI=1S/C15H26N4O2S.2ClH/c1-10(2)14(16)15(21)18-8-13(20)17-7-12(19(3)4)11-5-6-22-9-11;;/h5-6,9-10,12,14H,7-8,16H2,1-4H3,(H,17,20)(H,18,21);2*1H/t12?,14-;;/m0../s1. The number of nitrogens with zero attached hydrogens (tertiary/aromatic N) is 1. The average molecular weight is 399 g/mol. The second-order valence-electron chi connectivity index (χ2n) is 5.83. The molecule has 0 aliphatic rings. The normalized spacial score (nSPS) is 12.8. The van der Waals surface area contributed by atoms with E-state index in [4.69, 9.17) is 5.73 Å². The maximum absolute atomic E-state index is 11.9. The van der Waals surface area contributed by atoms with Crippen molar-refractivity contribution in [3.8, 4) is 0 Å². The van der Waals surface area contributed by atoms with Crippen molar-refractivity contribution in [3.63, 3.8) is 0 Å². The Kier molecular flexibility index (Phi) is 13.2. The maximum atomic E-state index is 11.9. The van der Waals surface area contributed by atoms with Crippen molar-refractivity contribution in [2.75, 3.05) is 27.2 Å². The molecule has 0 saturated heterocycles.